The van der Waals surface area contributed by atoms with Gasteiger partial charge in [-0.1, -0.05) is 67.2 Å². The molecular weight excluding hydrogens is 232 g/mol. The lowest BCUT2D eigenvalue weighted by molar-refractivity contribution is 0.269. The molecule has 0 atom stereocenters. The van der Waals surface area contributed by atoms with Crippen LogP contribution >= 0.6 is 0 Å². The van der Waals surface area contributed by atoms with Gasteiger partial charge in [0.2, 0.25) is 0 Å². The molecule has 1 nitrogen and oxygen atoms in total. The van der Waals surface area contributed by atoms with Crippen LogP contribution in [0.5, 0.6) is 0 Å². The first-order chi connectivity index (χ1) is 9.36. The van der Waals surface area contributed by atoms with Crippen molar-refractivity contribution in [3.05, 3.63) is 78.4 Å². The predicted octanol–water partition coefficient (Wildman–Crippen LogP) is 4.70. The lowest BCUT2D eigenvalue weighted by Gasteiger charge is -2.09. The predicted molar refractivity (Wildman–Crippen MR) is 80.8 cm³/mol. The molecule has 2 rings (SSSR count). The molecule has 98 valence electrons. The zero-order valence-corrected chi connectivity index (χ0v) is 11.2. The zero-order chi connectivity index (χ0) is 13.3. The van der Waals surface area contributed by atoms with Gasteiger partial charge >= 0.3 is 0 Å². The van der Waals surface area contributed by atoms with Crippen molar-refractivity contribution in [2.45, 2.75) is 19.3 Å². The van der Waals surface area contributed by atoms with E-state index in [1.54, 1.807) is 0 Å². The molecule has 19 heavy (non-hydrogen) atoms. The summed E-state index contributed by atoms with van der Waals surface area (Å²) < 4.78 is 5.67. The standard InChI is InChI=1S/C18H20O/c1-16(18-13-6-3-7-14-18)19-15-9-8-12-17-10-4-2-5-11-17/h2-7,10-11,13-14H,1,8-9,12,15H2. The summed E-state index contributed by atoms with van der Waals surface area (Å²) in [6.07, 6.45) is 3.31. The highest BCUT2D eigenvalue weighted by atomic mass is 16.5. The monoisotopic (exact) mass is 252 g/mol. The van der Waals surface area contributed by atoms with Crippen LogP contribution in [0.15, 0.2) is 67.2 Å². The van der Waals surface area contributed by atoms with Crippen LogP contribution in [0.3, 0.4) is 0 Å². The van der Waals surface area contributed by atoms with Gasteiger partial charge in [-0.25, -0.2) is 0 Å². The molecule has 0 aliphatic carbocycles. The van der Waals surface area contributed by atoms with E-state index in [4.69, 9.17) is 4.74 Å². The second kappa shape index (κ2) is 7.42. The topological polar surface area (TPSA) is 9.23 Å². The van der Waals surface area contributed by atoms with Crippen LogP contribution < -0.4 is 0 Å². The van der Waals surface area contributed by atoms with E-state index in [0.717, 1.165) is 37.2 Å². The van der Waals surface area contributed by atoms with Gasteiger partial charge in [0.1, 0.15) is 5.76 Å². The largest absolute Gasteiger partial charge is 0.494 e. The Labute approximate surface area is 115 Å². The quantitative estimate of drug-likeness (QED) is 0.513. The van der Waals surface area contributed by atoms with Crippen LogP contribution in [-0.2, 0) is 11.2 Å². The lowest BCUT2D eigenvalue weighted by Crippen LogP contribution is -1.95. The van der Waals surface area contributed by atoms with Crippen molar-refractivity contribution < 1.29 is 4.74 Å². The molecule has 0 heterocycles. The smallest absolute Gasteiger partial charge is 0.119 e. The van der Waals surface area contributed by atoms with E-state index in [9.17, 15) is 0 Å². The van der Waals surface area contributed by atoms with E-state index < -0.39 is 0 Å². The molecule has 0 fully saturated rings. The zero-order valence-electron chi connectivity index (χ0n) is 11.2. The van der Waals surface area contributed by atoms with Gasteiger partial charge in [-0.05, 0) is 24.8 Å². The van der Waals surface area contributed by atoms with Gasteiger partial charge in [0, 0.05) is 5.56 Å². The van der Waals surface area contributed by atoms with E-state index in [1.807, 2.05) is 30.3 Å². The molecule has 0 unspecified atom stereocenters. The molecule has 0 bridgehead atoms. The molecule has 0 saturated heterocycles. The fourth-order valence-corrected chi connectivity index (χ4v) is 1.98. The Morgan fingerprint density at radius 1 is 0.842 bits per heavy atom. The number of aryl methyl sites for hydroxylation is 1. The van der Waals surface area contributed by atoms with Gasteiger partial charge in [-0.15, -0.1) is 0 Å². The normalized spacial score (nSPS) is 10.1. The Balaban J connectivity index is 1.63. The van der Waals surface area contributed by atoms with Crippen LogP contribution in [-0.4, -0.2) is 6.61 Å². The first kappa shape index (κ1) is 13.4. The van der Waals surface area contributed by atoms with Crippen molar-refractivity contribution in [3.63, 3.8) is 0 Å². The molecule has 0 radical (unpaired) electrons. The van der Waals surface area contributed by atoms with Gasteiger partial charge in [-0.2, -0.15) is 0 Å². The Morgan fingerprint density at radius 2 is 1.47 bits per heavy atom. The molecule has 0 amide bonds. The highest BCUT2D eigenvalue weighted by Gasteiger charge is 1.98. The summed E-state index contributed by atoms with van der Waals surface area (Å²) in [6.45, 7) is 4.70. The summed E-state index contributed by atoms with van der Waals surface area (Å²) >= 11 is 0. The maximum atomic E-state index is 5.67. The first-order valence-corrected chi connectivity index (χ1v) is 6.77. The number of unbranched alkanes of at least 4 members (excludes halogenated alkanes) is 1. The number of ether oxygens (including phenoxy) is 1. The summed E-state index contributed by atoms with van der Waals surface area (Å²) in [7, 11) is 0. The number of rotatable bonds is 7. The Bertz CT molecular complexity index is 488. The molecule has 0 aliphatic heterocycles. The first-order valence-electron chi connectivity index (χ1n) is 6.77. The van der Waals surface area contributed by atoms with Crippen LogP contribution in [0.25, 0.3) is 5.76 Å². The molecule has 0 N–H and O–H groups in total. The average molecular weight is 252 g/mol. The number of hydrogen-bond donors (Lipinski definition) is 0. The average Bonchev–Trinajstić information content (AvgIpc) is 2.49. The van der Waals surface area contributed by atoms with Gasteiger partial charge < -0.3 is 4.74 Å². The molecule has 0 aromatic heterocycles. The molecule has 0 aliphatic rings. The summed E-state index contributed by atoms with van der Waals surface area (Å²) in [5, 5.41) is 0. The van der Waals surface area contributed by atoms with E-state index in [-0.39, 0.29) is 0 Å². The summed E-state index contributed by atoms with van der Waals surface area (Å²) in [5.74, 6) is 0.764. The Kier molecular flexibility index (Phi) is 5.24. The maximum absolute atomic E-state index is 5.67. The van der Waals surface area contributed by atoms with Crippen LogP contribution in [0.4, 0.5) is 0 Å². The number of hydrogen-bond acceptors (Lipinski definition) is 1. The summed E-state index contributed by atoms with van der Waals surface area (Å²) in [5.41, 5.74) is 2.45. The lowest BCUT2D eigenvalue weighted by atomic mass is 10.1. The van der Waals surface area contributed by atoms with Crippen molar-refractivity contribution in [1.82, 2.24) is 0 Å². The Morgan fingerprint density at radius 3 is 2.16 bits per heavy atom. The van der Waals surface area contributed by atoms with Crippen molar-refractivity contribution in [2.75, 3.05) is 6.61 Å². The minimum absolute atomic E-state index is 0.737. The van der Waals surface area contributed by atoms with Crippen molar-refractivity contribution >= 4 is 5.76 Å². The Hall–Kier alpha value is -2.02. The highest BCUT2D eigenvalue weighted by Crippen LogP contribution is 2.13. The molecule has 0 saturated carbocycles. The van der Waals surface area contributed by atoms with Crippen molar-refractivity contribution in [2.24, 2.45) is 0 Å². The SMILES string of the molecule is C=C(OCCCCc1ccccc1)c1ccccc1. The molecule has 0 spiro atoms. The highest BCUT2D eigenvalue weighted by molar-refractivity contribution is 5.56. The third-order valence-electron chi connectivity index (χ3n) is 3.07. The van der Waals surface area contributed by atoms with Crippen molar-refractivity contribution in [3.8, 4) is 0 Å². The van der Waals surface area contributed by atoms with Crippen LogP contribution in [0.1, 0.15) is 24.0 Å². The van der Waals surface area contributed by atoms with Gasteiger partial charge in [-0.3, -0.25) is 0 Å². The minimum atomic E-state index is 0.737. The van der Waals surface area contributed by atoms with Crippen molar-refractivity contribution in [1.29, 1.82) is 0 Å². The van der Waals surface area contributed by atoms with Gasteiger partial charge in [0.05, 0.1) is 6.61 Å². The van der Waals surface area contributed by atoms with Crippen LogP contribution in [0, 0.1) is 0 Å². The third-order valence-corrected chi connectivity index (χ3v) is 3.07. The maximum Gasteiger partial charge on any atom is 0.119 e. The number of benzene rings is 2. The summed E-state index contributed by atoms with van der Waals surface area (Å²) in [6, 6.07) is 20.6. The molecule has 2 aromatic rings. The second-order valence-corrected chi connectivity index (χ2v) is 4.58. The second-order valence-electron chi connectivity index (χ2n) is 4.58. The van der Waals surface area contributed by atoms with E-state index in [0.29, 0.717) is 0 Å². The summed E-state index contributed by atoms with van der Waals surface area (Å²) in [4.78, 5) is 0. The van der Waals surface area contributed by atoms with E-state index in [2.05, 4.69) is 36.9 Å². The molecule has 2 aromatic carbocycles. The van der Waals surface area contributed by atoms with Crippen LogP contribution in [0.2, 0.25) is 0 Å². The van der Waals surface area contributed by atoms with Gasteiger partial charge in [0.25, 0.3) is 0 Å². The molecular formula is C18H20O. The fourth-order valence-electron chi connectivity index (χ4n) is 1.98. The van der Waals surface area contributed by atoms with Gasteiger partial charge in [0.15, 0.2) is 0 Å². The third kappa shape index (κ3) is 4.63. The van der Waals surface area contributed by atoms with E-state index >= 15 is 0 Å². The minimum Gasteiger partial charge on any atom is -0.494 e. The fraction of sp³-hybridized carbons (Fsp3) is 0.222. The molecule has 1 heteroatoms. The van der Waals surface area contributed by atoms with E-state index in [1.165, 1.54) is 5.56 Å².